The van der Waals surface area contributed by atoms with E-state index in [-0.39, 0.29) is 5.91 Å². The average Bonchev–Trinajstić information content (AvgIpc) is 3.28. The van der Waals surface area contributed by atoms with E-state index in [9.17, 15) is 4.79 Å². The molecule has 0 atom stereocenters. The summed E-state index contributed by atoms with van der Waals surface area (Å²) in [5.74, 6) is -0.580. The van der Waals surface area contributed by atoms with E-state index in [1.54, 1.807) is 4.90 Å². The number of likely N-dealkylation sites (tertiary alicyclic amines) is 1. The fourth-order valence-electron chi connectivity index (χ4n) is 2.93. The highest BCUT2D eigenvalue weighted by Crippen LogP contribution is 2.37. The number of nitrogens with zero attached hydrogens (tertiary/aromatic N) is 2. The van der Waals surface area contributed by atoms with Crippen molar-refractivity contribution in [1.29, 1.82) is 0 Å². The Hall–Kier alpha value is -0.990. The second-order valence-corrected chi connectivity index (χ2v) is 8.34. The summed E-state index contributed by atoms with van der Waals surface area (Å²) in [6.45, 7) is 4.21. The highest BCUT2D eigenvalue weighted by molar-refractivity contribution is 7.24. The molecule has 0 saturated carbocycles. The van der Waals surface area contributed by atoms with E-state index in [1.165, 1.54) is 22.7 Å². The predicted molar refractivity (Wildman–Crippen MR) is 90.3 cm³/mol. The molecule has 0 bridgehead atoms. The van der Waals surface area contributed by atoms with Gasteiger partial charge in [0, 0.05) is 13.0 Å². The Bertz CT molecular complexity index is 752. The van der Waals surface area contributed by atoms with Gasteiger partial charge in [-0.2, -0.15) is 0 Å². The molecule has 2 aromatic rings. The number of rotatable bonds is 2. The summed E-state index contributed by atoms with van der Waals surface area (Å²) in [6, 6.07) is 3.78. The first kappa shape index (κ1) is 15.5. The molecule has 4 heterocycles. The van der Waals surface area contributed by atoms with Crippen molar-refractivity contribution < 1.29 is 14.3 Å². The Morgan fingerprint density at radius 3 is 2.83 bits per heavy atom. The van der Waals surface area contributed by atoms with Crippen LogP contribution in [-0.2, 0) is 9.47 Å². The van der Waals surface area contributed by atoms with Crippen molar-refractivity contribution in [2.45, 2.75) is 19.1 Å². The number of carbonyl (C=O) groups excluding carboxylic acids is 1. The number of thiophene rings is 1. The van der Waals surface area contributed by atoms with E-state index in [1.807, 2.05) is 19.1 Å². The van der Waals surface area contributed by atoms with Gasteiger partial charge in [0.15, 0.2) is 5.79 Å². The number of hydrogen-bond acceptors (Lipinski definition) is 6. The van der Waals surface area contributed by atoms with Crippen LogP contribution in [0.15, 0.2) is 12.1 Å². The summed E-state index contributed by atoms with van der Waals surface area (Å²) in [5.41, 5.74) is 0.758. The van der Waals surface area contributed by atoms with Crippen LogP contribution in [0.25, 0.3) is 9.88 Å². The number of halogens is 1. The van der Waals surface area contributed by atoms with E-state index >= 15 is 0 Å². The van der Waals surface area contributed by atoms with Crippen molar-refractivity contribution in [2.24, 2.45) is 0 Å². The predicted octanol–water partition coefficient (Wildman–Crippen LogP) is 3.42. The molecule has 122 valence electrons. The number of carbonyl (C=O) groups is 1. The summed E-state index contributed by atoms with van der Waals surface area (Å²) >= 11 is 8.87. The first-order valence-corrected chi connectivity index (χ1v) is 9.38. The summed E-state index contributed by atoms with van der Waals surface area (Å²) in [7, 11) is 0. The molecule has 0 radical (unpaired) electrons. The minimum atomic E-state index is -0.585. The van der Waals surface area contributed by atoms with Crippen LogP contribution in [0.5, 0.6) is 0 Å². The molecular formula is C15H15ClN2O3S2. The maximum Gasteiger partial charge on any atom is 0.266 e. The van der Waals surface area contributed by atoms with Crippen LogP contribution in [0, 0.1) is 6.92 Å². The second kappa shape index (κ2) is 5.82. The maximum atomic E-state index is 12.8. The van der Waals surface area contributed by atoms with Crippen molar-refractivity contribution in [1.82, 2.24) is 9.88 Å². The fraction of sp³-hybridized carbons (Fsp3) is 0.467. The Morgan fingerprint density at radius 1 is 1.35 bits per heavy atom. The molecule has 23 heavy (non-hydrogen) atoms. The van der Waals surface area contributed by atoms with Gasteiger partial charge in [0.1, 0.15) is 9.88 Å². The van der Waals surface area contributed by atoms with Gasteiger partial charge >= 0.3 is 0 Å². The third-order valence-electron chi connectivity index (χ3n) is 4.07. The molecule has 0 aliphatic carbocycles. The third-order valence-corrected chi connectivity index (χ3v) is 6.62. The van der Waals surface area contributed by atoms with Gasteiger partial charge in [-0.05, 0) is 19.1 Å². The second-order valence-electron chi connectivity index (χ2n) is 5.62. The Labute approximate surface area is 146 Å². The summed E-state index contributed by atoms with van der Waals surface area (Å²) < 4.78 is 12.1. The lowest BCUT2D eigenvalue weighted by Gasteiger charge is -2.22. The Balaban J connectivity index is 1.56. The molecule has 8 heteroatoms. The molecule has 1 spiro atoms. The molecule has 0 N–H and O–H groups in total. The minimum absolute atomic E-state index is 0.00452. The van der Waals surface area contributed by atoms with Gasteiger partial charge in [0.2, 0.25) is 0 Å². The van der Waals surface area contributed by atoms with Crippen LogP contribution in [0.2, 0.25) is 4.34 Å². The van der Waals surface area contributed by atoms with E-state index in [4.69, 9.17) is 21.1 Å². The largest absolute Gasteiger partial charge is 0.346 e. The van der Waals surface area contributed by atoms with Gasteiger partial charge < -0.3 is 14.4 Å². The van der Waals surface area contributed by atoms with Gasteiger partial charge in [0.25, 0.3) is 5.91 Å². The molecule has 2 aliphatic heterocycles. The SMILES string of the molecule is Cc1nc(-c2ccc(Cl)s2)sc1C(=O)N1CCC2(C1)OCCO2. The van der Waals surface area contributed by atoms with Crippen molar-refractivity contribution >= 4 is 40.2 Å². The van der Waals surface area contributed by atoms with Crippen LogP contribution < -0.4 is 0 Å². The van der Waals surface area contributed by atoms with Crippen molar-refractivity contribution in [3.63, 3.8) is 0 Å². The molecule has 2 aromatic heterocycles. The molecule has 2 saturated heterocycles. The van der Waals surface area contributed by atoms with Gasteiger partial charge in [-0.25, -0.2) is 4.98 Å². The lowest BCUT2D eigenvalue weighted by atomic mass is 10.2. The number of aromatic nitrogens is 1. The molecule has 2 fully saturated rings. The number of ether oxygens (including phenoxy) is 2. The first-order chi connectivity index (χ1) is 11.1. The quantitative estimate of drug-likeness (QED) is 0.812. The zero-order valence-corrected chi connectivity index (χ0v) is 14.9. The molecule has 5 nitrogen and oxygen atoms in total. The molecule has 2 aliphatic rings. The van der Waals surface area contributed by atoms with E-state index in [0.717, 1.165) is 26.3 Å². The Kier molecular flexibility index (Phi) is 3.93. The summed E-state index contributed by atoms with van der Waals surface area (Å²) in [6.07, 6.45) is 0.726. The van der Waals surface area contributed by atoms with Crippen LogP contribution in [-0.4, -0.2) is 47.9 Å². The third kappa shape index (κ3) is 2.81. The first-order valence-electron chi connectivity index (χ1n) is 7.37. The van der Waals surface area contributed by atoms with E-state index in [0.29, 0.717) is 31.2 Å². The normalized spacial score (nSPS) is 19.8. The standard InChI is InChI=1S/C15H15ClN2O3S2/c1-9-12(23-13(17-9)10-2-3-11(16)22-10)14(19)18-5-4-15(8-18)20-6-7-21-15/h2-3H,4-8H2,1H3. The zero-order chi connectivity index (χ0) is 16.0. The highest BCUT2D eigenvalue weighted by Gasteiger charge is 2.45. The summed E-state index contributed by atoms with van der Waals surface area (Å²) in [4.78, 5) is 20.8. The molecular weight excluding hydrogens is 356 g/mol. The van der Waals surface area contributed by atoms with Gasteiger partial charge in [-0.3, -0.25) is 4.79 Å². The van der Waals surface area contributed by atoms with E-state index in [2.05, 4.69) is 4.98 Å². The maximum absolute atomic E-state index is 12.8. The smallest absolute Gasteiger partial charge is 0.266 e. The van der Waals surface area contributed by atoms with E-state index < -0.39 is 5.79 Å². The van der Waals surface area contributed by atoms with Crippen LogP contribution in [0.4, 0.5) is 0 Å². The number of hydrogen-bond donors (Lipinski definition) is 0. The van der Waals surface area contributed by atoms with Gasteiger partial charge in [-0.15, -0.1) is 22.7 Å². The number of aryl methyl sites for hydroxylation is 1. The van der Waals surface area contributed by atoms with Crippen molar-refractivity contribution in [3.05, 3.63) is 27.0 Å². The van der Waals surface area contributed by atoms with Gasteiger partial charge in [0.05, 0.1) is 34.7 Å². The topological polar surface area (TPSA) is 51.7 Å². The van der Waals surface area contributed by atoms with Crippen LogP contribution in [0.3, 0.4) is 0 Å². The molecule has 4 rings (SSSR count). The van der Waals surface area contributed by atoms with Crippen molar-refractivity contribution in [3.8, 4) is 9.88 Å². The summed E-state index contributed by atoms with van der Waals surface area (Å²) in [5, 5.41) is 0.838. The minimum Gasteiger partial charge on any atom is -0.346 e. The lowest BCUT2D eigenvalue weighted by molar-refractivity contribution is -0.143. The number of thiazole rings is 1. The highest BCUT2D eigenvalue weighted by atomic mass is 35.5. The number of amides is 1. The van der Waals surface area contributed by atoms with Crippen molar-refractivity contribution in [2.75, 3.05) is 26.3 Å². The Morgan fingerprint density at radius 2 is 2.13 bits per heavy atom. The molecule has 0 unspecified atom stereocenters. The molecule has 1 amide bonds. The zero-order valence-electron chi connectivity index (χ0n) is 12.5. The fourth-order valence-corrected chi connectivity index (χ4v) is 5.07. The molecule has 0 aromatic carbocycles. The van der Waals surface area contributed by atoms with Crippen LogP contribution in [0.1, 0.15) is 21.8 Å². The monoisotopic (exact) mass is 370 g/mol. The lowest BCUT2D eigenvalue weighted by Crippen LogP contribution is -2.36. The average molecular weight is 371 g/mol. The van der Waals surface area contributed by atoms with Crippen LogP contribution >= 0.6 is 34.3 Å². The van der Waals surface area contributed by atoms with Gasteiger partial charge in [-0.1, -0.05) is 11.6 Å².